The van der Waals surface area contributed by atoms with Crippen LogP contribution in [0.15, 0.2) is 22.0 Å². The van der Waals surface area contributed by atoms with Crippen LogP contribution in [0.1, 0.15) is 26.2 Å². The van der Waals surface area contributed by atoms with Crippen LogP contribution in [-0.4, -0.2) is 45.2 Å². The van der Waals surface area contributed by atoms with Gasteiger partial charge in [-0.05, 0) is 45.3 Å². The Bertz CT molecular complexity index is 592. The van der Waals surface area contributed by atoms with Crippen LogP contribution in [0.2, 0.25) is 0 Å². The summed E-state index contributed by atoms with van der Waals surface area (Å²) in [5, 5.41) is 15.1. The molecular weight excluding hydrogens is 290 g/mol. The van der Waals surface area contributed by atoms with Gasteiger partial charge in [0.05, 0.1) is 4.88 Å². The third-order valence-electron chi connectivity index (χ3n) is 3.57. The highest BCUT2D eigenvalue weighted by atomic mass is 32.1. The molecule has 1 N–H and O–H groups in total. The molecule has 2 rings (SSSR count). The Labute approximate surface area is 127 Å². The van der Waals surface area contributed by atoms with Crippen LogP contribution in [0.3, 0.4) is 0 Å². The number of rotatable bonds is 7. The Morgan fingerprint density at radius 3 is 2.90 bits per heavy atom. The monoisotopic (exact) mass is 309 g/mol. The minimum absolute atomic E-state index is 0.583. The molecule has 0 bridgehead atoms. The number of carboxylic acids is 1. The summed E-state index contributed by atoms with van der Waals surface area (Å²) in [7, 11) is 1.80. The summed E-state index contributed by atoms with van der Waals surface area (Å²) in [6.45, 7) is 4.03. The van der Waals surface area contributed by atoms with E-state index in [2.05, 4.69) is 10.1 Å². The highest BCUT2D eigenvalue weighted by molar-refractivity contribution is 7.13. The number of aromatic nitrogens is 2. The van der Waals surface area contributed by atoms with E-state index in [0.29, 0.717) is 24.7 Å². The Hall–Kier alpha value is -1.73. The lowest BCUT2D eigenvalue weighted by Gasteiger charge is -2.31. The largest absolute Gasteiger partial charge is 0.480 e. The first-order valence-corrected chi connectivity index (χ1v) is 7.60. The van der Waals surface area contributed by atoms with Gasteiger partial charge in [-0.25, -0.2) is 0 Å². The van der Waals surface area contributed by atoms with Gasteiger partial charge in [0.1, 0.15) is 5.54 Å². The van der Waals surface area contributed by atoms with Gasteiger partial charge < -0.3 is 9.63 Å². The molecule has 0 aliphatic rings. The Morgan fingerprint density at radius 1 is 1.52 bits per heavy atom. The Kier molecular flexibility index (Phi) is 4.74. The SMILES string of the molecule is CN(CCCc1nc(-c2cccs2)no1)C(C)(C)C(=O)O. The van der Waals surface area contributed by atoms with E-state index >= 15 is 0 Å². The normalized spacial score (nSPS) is 12.0. The van der Waals surface area contributed by atoms with Gasteiger partial charge in [0.15, 0.2) is 0 Å². The third kappa shape index (κ3) is 3.68. The molecule has 0 saturated heterocycles. The van der Waals surface area contributed by atoms with Crippen molar-refractivity contribution in [1.29, 1.82) is 0 Å². The fourth-order valence-corrected chi connectivity index (χ4v) is 2.42. The Morgan fingerprint density at radius 2 is 2.29 bits per heavy atom. The van der Waals surface area contributed by atoms with E-state index in [0.717, 1.165) is 11.3 Å². The number of thiophene rings is 1. The fraction of sp³-hybridized carbons (Fsp3) is 0.500. The molecule has 6 nitrogen and oxygen atoms in total. The summed E-state index contributed by atoms with van der Waals surface area (Å²) >= 11 is 1.57. The number of likely N-dealkylation sites (N-methyl/N-ethyl adjacent to an activating group) is 1. The van der Waals surface area contributed by atoms with Crippen LogP contribution in [0.25, 0.3) is 10.7 Å². The molecule has 0 aliphatic heterocycles. The molecule has 0 spiro atoms. The van der Waals surface area contributed by atoms with Crippen LogP contribution in [0.4, 0.5) is 0 Å². The zero-order valence-corrected chi connectivity index (χ0v) is 13.2. The second-order valence-corrected chi connectivity index (χ2v) is 6.33. The van der Waals surface area contributed by atoms with Crippen molar-refractivity contribution in [2.45, 2.75) is 32.2 Å². The lowest BCUT2D eigenvalue weighted by Crippen LogP contribution is -2.48. The van der Waals surface area contributed by atoms with Crippen molar-refractivity contribution in [1.82, 2.24) is 15.0 Å². The summed E-state index contributed by atoms with van der Waals surface area (Å²) in [5.41, 5.74) is -0.878. The van der Waals surface area contributed by atoms with E-state index in [9.17, 15) is 4.79 Å². The van der Waals surface area contributed by atoms with Gasteiger partial charge in [-0.3, -0.25) is 9.69 Å². The number of nitrogens with zero attached hydrogens (tertiary/aromatic N) is 3. The maximum absolute atomic E-state index is 11.1. The standard InChI is InChI=1S/C14H19N3O3S/c1-14(2,13(18)19)17(3)8-4-7-11-15-12(16-20-11)10-6-5-9-21-10/h5-6,9H,4,7-8H2,1-3H3,(H,18,19). The zero-order chi connectivity index (χ0) is 15.5. The van der Waals surface area contributed by atoms with E-state index in [1.54, 1.807) is 32.2 Å². The minimum atomic E-state index is -0.878. The van der Waals surface area contributed by atoms with Gasteiger partial charge in [0.2, 0.25) is 11.7 Å². The topological polar surface area (TPSA) is 79.5 Å². The molecule has 0 aliphatic carbocycles. The predicted octanol–water partition coefficient (Wildman–Crippen LogP) is 2.53. The van der Waals surface area contributed by atoms with E-state index in [-0.39, 0.29) is 0 Å². The summed E-state index contributed by atoms with van der Waals surface area (Å²) in [4.78, 5) is 18.3. The maximum atomic E-state index is 11.1. The lowest BCUT2D eigenvalue weighted by molar-refractivity contribution is -0.148. The predicted molar refractivity (Wildman–Crippen MR) is 80.3 cm³/mol. The number of aryl methyl sites for hydroxylation is 1. The van der Waals surface area contributed by atoms with Crippen molar-refractivity contribution < 1.29 is 14.4 Å². The Balaban J connectivity index is 1.86. The van der Waals surface area contributed by atoms with Crippen molar-refractivity contribution in [2.75, 3.05) is 13.6 Å². The molecule has 0 radical (unpaired) electrons. The van der Waals surface area contributed by atoms with Gasteiger partial charge in [-0.2, -0.15) is 4.98 Å². The number of hydrogen-bond acceptors (Lipinski definition) is 6. The number of carbonyl (C=O) groups is 1. The van der Waals surface area contributed by atoms with Crippen molar-refractivity contribution >= 4 is 17.3 Å². The van der Waals surface area contributed by atoms with E-state index in [1.807, 2.05) is 22.4 Å². The molecule has 7 heteroatoms. The van der Waals surface area contributed by atoms with E-state index < -0.39 is 11.5 Å². The molecule has 0 aromatic carbocycles. The number of carboxylic acid groups (broad SMARTS) is 1. The van der Waals surface area contributed by atoms with Gasteiger partial charge in [0.25, 0.3) is 0 Å². The highest BCUT2D eigenvalue weighted by Gasteiger charge is 2.31. The average molecular weight is 309 g/mol. The quantitative estimate of drug-likeness (QED) is 0.846. The average Bonchev–Trinajstić information content (AvgIpc) is 3.08. The summed E-state index contributed by atoms with van der Waals surface area (Å²) in [6.07, 6.45) is 1.40. The third-order valence-corrected chi connectivity index (χ3v) is 4.44. The molecule has 0 fully saturated rings. The molecule has 0 atom stereocenters. The van der Waals surface area contributed by atoms with Crippen LogP contribution in [0.5, 0.6) is 0 Å². The summed E-state index contributed by atoms with van der Waals surface area (Å²) in [6, 6.07) is 3.89. The maximum Gasteiger partial charge on any atom is 0.323 e. The molecule has 21 heavy (non-hydrogen) atoms. The van der Waals surface area contributed by atoms with E-state index in [1.165, 1.54) is 0 Å². The molecule has 2 aromatic heterocycles. The molecule has 0 unspecified atom stereocenters. The highest BCUT2D eigenvalue weighted by Crippen LogP contribution is 2.21. The van der Waals surface area contributed by atoms with Gasteiger partial charge >= 0.3 is 5.97 Å². The van der Waals surface area contributed by atoms with Crippen LogP contribution < -0.4 is 0 Å². The van der Waals surface area contributed by atoms with Gasteiger partial charge in [-0.1, -0.05) is 11.2 Å². The second kappa shape index (κ2) is 6.36. The molecule has 2 heterocycles. The zero-order valence-electron chi connectivity index (χ0n) is 12.4. The number of hydrogen-bond donors (Lipinski definition) is 1. The van der Waals surface area contributed by atoms with Crippen molar-refractivity contribution in [3.63, 3.8) is 0 Å². The van der Waals surface area contributed by atoms with Crippen LogP contribution in [-0.2, 0) is 11.2 Å². The molecule has 2 aromatic rings. The van der Waals surface area contributed by atoms with Crippen molar-refractivity contribution in [3.8, 4) is 10.7 Å². The minimum Gasteiger partial charge on any atom is -0.480 e. The molecule has 0 amide bonds. The molecular formula is C14H19N3O3S. The smallest absolute Gasteiger partial charge is 0.323 e. The second-order valence-electron chi connectivity index (χ2n) is 5.38. The lowest BCUT2D eigenvalue weighted by atomic mass is 10.0. The van der Waals surface area contributed by atoms with Crippen LogP contribution >= 0.6 is 11.3 Å². The fourth-order valence-electron chi connectivity index (χ4n) is 1.77. The number of aliphatic carboxylic acids is 1. The van der Waals surface area contributed by atoms with Crippen LogP contribution in [0, 0.1) is 0 Å². The summed E-state index contributed by atoms with van der Waals surface area (Å²) in [5.74, 6) is 0.363. The first-order valence-electron chi connectivity index (χ1n) is 6.72. The van der Waals surface area contributed by atoms with Crippen molar-refractivity contribution in [2.24, 2.45) is 0 Å². The molecule has 114 valence electrons. The van der Waals surface area contributed by atoms with Gasteiger partial charge in [0, 0.05) is 6.42 Å². The van der Waals surface area contributed by atoms with E-state index in [4.69, 9.17) is 9.63 Å². The first kappa shape index (κ1) is 15.7. The molecule has 0 saturated carbocycles. The first-order chi connectivity index (χ1) is 9.91. The summed E-state index contributed by atoms with van der Waals surface area (Å²) < 4.78 is 5.21. The van der Waals surface area contributed by atoms with Gasteiger partial charge in [-0.15, -0.1) is 11.3 Å². The van der Waals surface area contributed by atoms with Crippen molar-refractivity contribution in [3.05, 3.63) is 23.4 Å².